The van der Waals surface area contributed by atoms with Crippen molar-refractivity contribution in [2.24, 2.45) is 15.9 Å². The average Bonchev–Trinajstić information content (AvgIpc) is 2.95. The molecule has 2 aliphatic heterocycles. The molecule has 3 aromatic carbocycles. The SMILES string of the molecule is CS(=O)(=O)CCNCc1ccc(N2C=CC3C=NCC(=Nc4ccc(OCc5ccccc5)cc4)C3=C2)cc1. The molecule has 0 amide bonds. The predicted molar refractivity (Wildman–Crippen MR) is 159 cm³/mol. The Morgan fingerprint density at radius 2 is 1.77 bits per heavy atom. The number of fused-ring (bicyclic) bond motifs is 1. The van der Waals surface area contributed by atoms with E-state index in [0.717, 1.165) is 39.5 Å². The van der Waals surface area contributed by atoms with Gasteiger partial charge in [-0.1, -0.05) is 48.5 Å². The molecule has 0 radical (unpaired) electrons. The Morgan fingerprint density at radius 3 is 2.51 bits per heavy atom. The molecule has 0 saturated heterocycles. The summed E-state index contributed by atoms with van der Waals surface area (Å²) in [6.45, 7) is 2.13. The van der Waals surface area contributed by atoms with Gasteiger partial charge in [0.2, 0.25) is 0 Å². The van der Waals surface area contributed by atoms with E-state index >= 15 is 0 Å². The Labute approximate surface area is 230 Å². The van der Waals surface area contributed by atoms with E-state index in [1.54, 1.807) is 0 Å². The number of ether oxygens (including phenoxy) is 1. The number of hydrogen-bond donors (Lipinski definition) is 1. The van der Waals surface area contributed by atoms with Gasteiger partial charge in [0.05, 0.1) is 23.7 Å². The number of anilines is 1. The largest absolute Gasteiger partial charge is 0.489 e. The lowest BCUT2D eigenvalue weighted by Gasteiger charge is -2.28. The number of benzene rings is 3. The van der Waals surface area contributed by atoms with Crippen LogP contribution in [0.3, 0.4) is 0 Å². The van der Waals surface area contributed by atoms with Gasteiger partial charge in [-0.05, 0) is 47.5 Å². The molecule has 8 heteroatoms. The first-order valence-corrected chi connectivity index (χ1v) is 15.0. The van der Waals surface area contributed by atoms with E-state index in [4.69, 9.17) is 9.73 Å². The normalized spacial score (nSPS) is 17.7. The van der Waals surface area contributed by atoms with Gasteiger partial charge >= 0.3 is 0 Å². The maximum atomic E-state index is 11.3. The average molecular weight is 541 g/mol. The highest BCUT2D eigenvalue weighted by atomic mass is 32.2. The Kier molecular flexibility index (Phi) is 8.34. The fraction of sp³-hybridized carbons (Fsp3) is 0.226. The zero-order chi connectivity index (χ0) is 27.1. The third-order valence-corrected chi connectivity index (χ3v) is 7.44. The van der Waals surface area contributed by atoms with Crippen LogP contribution in [0, 0.1) is 5.92 Å². The van der Waals surface area contributed by atoms with Crippen LogP contribution in [0.2, 0.25) is 0 Å². The van der Waals surface area contributed by atoms with Crippen molar-refractivity contribution in [1.82, 2.24) is 5.32 Å². The third kappa shape index (κ3) is 7.52. The van der Waals surface area contributed by atoms with Crippen LogP contribution in [0.4, 0.5) is 11.4 Å². The van der Waals surface area contributed by atoms with E-state index in [9.17, 15) is 8.42 Å². The molecule has 200 valence electrons. The van der Waals surface area contributed by atoms with Crippen LogP contribution in [-0.4, -0.2) is 45.4 Å². The van der Waals surface area contributed by atoms with E-state index in [2.05, 4.69) is 58.0 Å². The summed E-state index contributed by atoms with van der Waals surface area (Å²) in [5, 5.41) is 3.18. The Balaban J connectivity index is 1.24. The highest BCUT2D eigenvalue weighted by Gasteiger charge is 2.23. The second kappa shape index (κ2) is 12.2. The van der Waals surface area contributed by atoms with Gasteiger partial charge in [-0.25, -0.2) is 8.42 Å². The van der Waals surface area contributed by atoms with Crippen molar-refractivity contribution in [2.75, 3.05) is 30.0 Å². The van der Waals surface area contributed by atoms with Gasteiger partial charge in [0.1, 0.15) is 22.2 Å². The van der Waals surface area contributed by atoms with Gasteiger partial charge in [0.15, 0.2) is 0 Å². The summed E-state index contributed by atoms with van der Waals surface area (Å²) in [5.41, 5.74) is 6.21. The van der Waals surface area contributed by atoms with Crippen LogP contribution in [0.15, 0.2) is 113 Å². The lowest BCUT2D eigenvalue weighted by Crippen LogP contribution is -2.27. The molecule has 2 heterocycles. The lowest BCUT2D eigenvalue weighted by molar-refractivity contribution is 0.306. The molecule has 1 atom stereocenters. The second-order valence-electron chi connectivity index (χ2n) is 9.65. The molecule has 7 nitrogen and oxygen atoms in total. The van der Waals surface area contributed by atoms with Crippen LogP contribution in [0.1, 0.15) is 11.1 Å². The topological polar surface area (TPSA) is 83.4 Å². The number of nitrogens with zero attached hydrogens (tertiary/aromatic N) is 3. The van der Waals surface area contributed by atoms with Crippen molar-refractivity contribution in [3.63, 3.8) is 0 Å². The molecule has 0 fully saturated rings. The van der Waals surface area contributed by atoms with Gasteiger partial charge in [-0.2, -0.15) is 0 Å². The maximum absolute atomic E-state index is 11.3. The molecule has 0 bridgehead atoms. The number of hydrogen-bond acceptors (Lipinski definition) is 7. The minimum atomic E-state index is -2.96. The van der Waals surface area contributed by atoms with Crippen molar-refractivity contribution in [1.29, 1.82) is 0 Å². The molecule has 2 aliphatic rings. The molecule has 0 aliphatic carbocycles. The Bertz CT molecular complexity index is 1490. The molecular formula is C31H32N4O3S. The van der Waals surface area contributed by atoms with Crippen LogP contribution in [0.25, 0.3) is 0 Å². The predicted octanol–water partition coefficient (Wildman–Crippen LogP) is 5.09. The van der Waals surface area contributed by atoms with Gasteiger partial charge < -0.3 is 15.0 Å². The van der Waals surface area contributed by atoms with E-state index in [1.807, 2.05) is 60.8 Å². The summed E-state index contributed by atoms with van der Waals surface area (Å²) in [6, 6.07) is 26.2. The van der Waals surface area contributed by atoms with E-state index in [1.165, 1.54) is 6.26 Å². The summed E-state index contributed by atoms with van der Waals surface area (Å²) >= 11 is 0. The summed E-state index contributed by atoms with van der Waals surface area (Å²) in [7, 11) is -2.96. The molecule has 1 unspecified atom stereocenters. The monoisotopic (exact) mass is 540 g/mol. The van der Waals surface area contributed by atoms with Crippen molar-refractivity contribution >= 4 is 33.1 Å². The standard InChI is InChI=1S/C31H32N4O3S/c1-39(36,37)18-16-32-19-24-7-11-28(12-8-24)35-17-15-26-20-33-21-31(30(26)22-35)34-27-9-13-29(14-10-27)38-23-25-5-3-2-4-6-25/h2-15,17,20,22,26,32H,16,18-19,21,23H2,1H3. The highest BCUT2D eigenvalue weighted by Crippen LogP contribution is 2.29. The number of aliphatic imine (C=N–C) groups is 2. The van der Waals surface area contributed by atoms with E-state index < -0.39 is 9.84 Å². The Morgan fingerprint density at radius 1 is 1.00 bits per heavy atom. The molecule has 5 rings (SSSR count). The Hall–Kier alpha value is -4.01. The number of nitrogens with one attached hydrogen (secondary N) is 1. The van der Waals surface area contributed by atoms with Crippen LogP contribution in [0.5, 0.6) is 5.75 Å². The molecule has 0 saturated carbocycles. The summed E-state index contributed by atoms with van der Waals surface area (Å²) < 4.78 is 28.5. The molecule has 39 heavy (non-hydrogen) atoms. The van der Waals surface area contributed by atoms with Crippen molar-refractivity contribution in [2.45, 2.75) is 13.2 Å². The zero-order valence-electron chi connectivity index (χ0n) is 21.9. The summed E-state index contributed by atoms with van der Waals surface area (Å²) in [5.74, 6) is 1.04. The van der Waals surface area contributed by atoms with Gasteiger partial charge in [-0.15, -0.1) is 0 Å². The maximum Gasteiger partial charge on any atom is 0.148 e. The first-order valence-electron chi connectivity index (χ1n) is 12.9. The first kappa shape index (κ1) is 26.6. The minimum Gasteiger partial charge on any atom is -0.489 e. The van der Waals surface area contributed by atoms with Gasteiger partial charge in [-0.3, -0.25) is 9.98 Å². The molecular weight excluding hydrogens is 508 g/mol. The molecule has 0 aromatic heterocycles. The van der Waals surface area contributed by atoms with Crippen LogP contribution in [-0.2, 0) is 23.0 Å². The van der Waals surface area contributed by atoms with Crippen molar-refractivity contribution < 1.29 is 13.2 Å². The fourth-order valence-corrected chi connectivity index (χ4v) is 4.87. The highest BCUT2D eigenvalue weighted by molar-refractivity contribution is 7.90. The lowest BCUT2D eigenvalue weighted by atomic mass is 9.92. The first-order chi connectivity index (χ1) is 18.9. The van der Waals surface area contributed by atoms with Crippen LogP contribution < -0.4 is 15.0 Å². The van der Waals surface area contributed by atoms with Crippen LogP contribution >= 0.6 is 0 Å². The summed E-state index contributed by atoms with van der Waals surface area (Å²) in [4.78, 5) is 11.6. The molecule has 1 N–H and O–H groups in total. The van der Waals surface area contributed by atoms with Crippen molar-refractivity contribution in [3.8, 4) is 5.75 Å². The molecule has 3 aromatic rings. The quantitative estimate of drug-likeness (QED) is 0.362. The summed E-state index contributed by atoms with van der Waals surface area (Å²) in [6.07, 6.45) is 9.55. The van der Waals surface area contributed by atoms with Gasteiger partial charge in [0.25, 0.3) is 0 Å². The number of allylic oxidation sites excluding steroid dienone is 1. The number of sulfone groups is 1. The molecule has 0 spiro atoms. The fourth-order valence-electron chi connectivity index (χ4n) is 4.36. The zero-order valence-corrected chi connectivity index (χ0v) is 22.7. The minimum absolute atomic E-state index is 0.0977. The van der Waals surface area contributed by atoms with Gasteiger partial charge in [0, 0.05) is 55.1 Å². The number of rotatable bonds is 10. The second-order valence-corrected chi connectivity index (χ2v) is 11.9. The van der Waals surface area contributed by atoms with E-state index in [0.29, 0.717) is 26.2 Å². The smallest absolute Gasteiger partial charge is 0.148 e. The van der Waals surface area contributed by atoms with E-state index in [-0.39, 0.29) is 11.7 Å². The van der Waals surface area contributed by atoms with Crippen molar-refractivity contribution in [3.05, 3.63) is 114 Å². The third-order valence-electron chi connectivity index (χ3n) is 6.49.